The van der Waals surface area contributed by atoms with Gasteiger partial charge in [0.25, 0.3) is 0 Å². The summed E-state index contributed by atoms with van der Waals surface area (Å²) in [6, 6.07) is 16.3. The van der Waals surface area contributed by atoms with Crippen molar-refractivity contribution in [2.24, 2.45) is 10.8 Å². The largest absolute Gasteiger partial charge is 0.491 e. The number of thiocarbonyl (C=S) groups is 1. The third-order valence-corrected chi connectivity index (χ3v) is 4.65. The number of hydrazone groups is 1. The maximum atomic E-state index is 6.07. The number of nitrogens with two attached hydrogens (primary N) is 1. The Bertz CT molecular complexity index is 1020. The molecule has 0 aliphatic rings. The Morgan fingerprint density at radius 2 is 2.00 bits per heavy atom. The van der Waals surface area contributed by atoms with Crippen LogP contribution in [0.5, 0.6) is 5.75 Å². The topological polar surface area (TPSA) is 64.6 Å². The molecule has 0 unspecified atom stereocenters. The minimum atomic E-state index is 0.143. The Kier molecular flexibility index (Phi) is 6.45. The average Bonchev–Trinajstić information content (AvgIpc) is 2.95. The van der Waals surface area contributed by atoms with Crippen LogP contribution < -0.4 is 15.9 Å². The van der Waals surface area contributed by atoms with Crippen LogP contribution in [0, 0.1) is 6.92 Å². The van der Waals surface area contributed by atoms with Crippen molar-refractivity contribution in [3.8, 4) is 5.75 Å². The van der Waals surface area contributed by atoms with Crippen LogP contribution in [0.2, 0.25) is 0 Å². The van der Waals surface area contributed by atoms with Crippen LogP contribution in [0.3, 0.4) is 0 Å². The van der Waals surface area contributed by atoms with E-state index in [1.807, 2.05) is 36.4 Å². The predicted molar refractivity (Wildman–Crippen MR) is 120 cm³/mol. The molecule has 0 aliphatic heterocycles. The molecule has 0 saturated carbocycles. The molecule has 3 aromatic rings. The summed E-state index contributed by atoms with van der Waals surface area (Å²) in [4.78, 5) is 0. The smallest absolute Gasteiger partial charge is 0.184 e. The van der Waals surface area contributed by atoms with Crippen LogP contribution in [0.15, 0.2) is 66.3 Å². The first-order valence-corrected chi connectivity index (χ1v) is 9.50. The quantitative estimate of drug-likeness (QED) is 0.264. The Labute approximate surface area is 170 Å². The van der Waals surface area contributed by atoms with Gasteiger partial charge in [0.2, 0.25) is 0 Å². The summed E-state index contributed by atoms with van der Waals surface area (Å²) in [5.41, 5.74) is 12.5. The number of para-hydroxylation sites is 2. The Morgan fingerprint density at radius 1 is 1.25 bits per heavy atom. The number of aromatic nitrogens is 1. The first-order valence-electron chi connectivity index (χ1n) is 9.09. The number of allylic oxidation sites excluding steroid dienone is 1. The molecule has 1 heterocycles. The minimum Gasteiger partial charge on any atom is -0.491 e. The summed E-state index contributed by atoms with van der Waals surface area (Å²) in [5, 5.41) is 5.40. The number of fused-ring (bicyclic) bond motifs is 1. The van der Waals surface area contributed by atoms with E-state index in [4.69, 9.17) is 22.7 Å². The molecule has 0 aliphatic carbocycles. The van der Waals surface area contributed by atoms with Crippen molar-refractivity contribution in [2.75, 3.05) is 6.61 Å². The van der Waals surface area contributed by atoms with Gasteiger partial charge < -0.3 is 15.0 Å². The van der Waals surface area contributed by atoms with Crippen LogP contribution >= 0.6 is 12.2 Å². The second-order valence-corrected chi connectivity index (χ2v) is 6.79. The lowest BCUT2D eigenvalue weighted by atomic mass is 10.1. The highest BCUT2D eigenvalue weighted by molar-refractivity contribution is 7.80. The molecule has 0 saturated heterocycles. The van der Waals surface area contributed by atoms with Gasteiger partial charge >= 0.3 is 0 Å². The van der Waals surface area contributed by atoms with Gasteiger partial charge in [0.05, 0.1) is 12.8 Å². The summed E-state index contributed by atoms with van der Waals surface area (Å²) in [6.45, 7) is 7.19. The van der Waals surface area contributed by atoms with Gasteiger partial charge in [-0.05, 0) is 43.3 Å². The number of hydrogen-bond donors (Lipinski definition) is 2. The molecule has 0 spiro atoms. The van der Waals surface area contributed by atoms with Gasteiger partial charge in [0, 0.05) is 22.2 Å². The molecule has 6 heteroatoms. The maximum absolute atomic E-state index is 6.07. The average molecular weight is 393 g/mol. The number of ether oxygens (including phenoxy) is 1. The number of hydrogen-bond acceptors (Lipinski definition) is 3. The van der Waals surface area contributed by atoms with Crippen molar-refractivity contribution in [1.82, 2.24) is 9.99 Å². The number of nitrogens with zero attached hydrogens (tertiary/aromatic N) is 2. The molecule has 0 radical (unpaired) electrons. The fourth-order valence-corrected chi connectivity index (χ4v) is 3.34. The van der Waals surface area contributed by atoms with Gasteiger partial charge in [-0.15, -0.1) is 6.58 Å². The highest BCUT2D eigenvalue weighted by Crippen LogP contribution is 2.25. The zero-order valence-electron chi connectivity index (χ0n) is 15.9. The molecule has 0 atom stereocenters. The van der Waals surface area contributed by atoms with Crippen LogP contribution in [0.4, 0.5) is 0 Å². The maximum Gasteiger partial charge on any atom is 0.184 e. The molecule has 2 aromatic carbocycles. The van der Waals surface area contributed by atoms with E-state index in [1.165, 1.54) is 0 Å². The summed E-state index contributed by atoms with van der Waals surface area (Å²) in [6.07, 6.45) is 4.43. The molecule has 5 nitrogen and oxygen atoms in total. The van der Waals surface area contributed by atoms with E-state index in [0.29, 0.717) is 6.61 Å². The Hall–Kier alpha value is -3.12. The van der Waals surface area contributed by atoms with Crippen molar-refractivity contribution in [3.63, 3.8) is 0 Å². The molecular formula is C22H24N4OS. The first-order chi connectivity index (χ1) is 13.6. The van der Waals surface area contributed by atoms with Crippen LogP contribution in [-0.2, 0) is 13.0 Å². The number of benzene rings is 2. The molecule has 3 rings (SSSR count). The third kappa shape index (κ3) is 4.40. The lowest BCUT2D eigenvalue weighted by Crippen LogP contribution is -2.24. The minimum absolute atomic E-state index is 0.143. The highest BCUT2D eigenvalue weighted by atomic mass is 32.1. The van der Waals surface area contributed by atoms with Crippen LogP contribution in [-0.4, -0.2) is 22.5 Å². The van der Waals surface area contributed by atoms with E-state index in [1.54, 1.807) is 6.21 Å². The summed E-state index contributed by atoms with van der Waals surface area (Å²) in [7, 11) is 0. The van der Waals surface area contributed by atoms with E-state index in [-0.39, 0.29) is 5.11 Å². The normalized spacial score (nSPS) is 11.0. The highest BCUT2D eigenvalue weighted by Gasteiger charge is 2.12. The summed E-state index contributed by atoms with van der Waals surface area (Å²) < 4.78 is 8.31. The second-order valence-electron chi connectivity index (χ2n) is 6.35. The zero-order chi connectivity index (χ0) is 19.9. The van der Waals surface area contributed by atoms with Gasteiger partial charge in [0.15, 0.2) is 5.11 Å². The van der Waals surface area contributed by atoms with Gasteiger partial charge in [-0.25, -0.2) is 0 Å². The number of rotatable bonds is 8. The third-order valence-electron chi connectivity index (χ3n) is 4.56. The van der Waals surface area contributed by atoms with Gasteiger partial charge in [-0.1, -0.05) is 42.5 Å². The second kappa shape index (κ2) is 9.19. The van der Waals surface area contributed by atoms with Crippen molar-refractivity contribution in [3.05, 3.63) is 78.0 Å². The predicted octanol–water partition coefficient (Wildman–Crippen LogP) is 3.92. The Morgan fingerprint density at radius 3 is 2.79 bits per heavy atom. The van der Waals surface area contributed by atoms with E-state index in [9.17, 15) is 0 Å². The van der Waals surface area contributed by atoms with Gasteiger partial charge in [0.1, 0.15) is 12.4 Å². The fourth-order valence-electron chi connectivity index (χ4n) is 3.28. The molecule has 28 heavy (non-hydrogen) atoms. The molecule has 0 amide bonds. The van der Waals surface area contributed by atoms with Crippen LogP contribution in [0.25, 0.3) is 10.9 Å². The fraction of sp³-hybridized carbons (Fsp3) is 0.182. The standard InChI is InChI=1S/C22H24N4OS/c1-3-8-17-9-4-7-12-21(17)27-14-13-26-16(2)19(15-24-25-22(23)28)18-10-5-6-11-20(18)26/h3-7,9-12,15H,1,8,13-14H2,2H3,(H3,23,25,28). The molecule has 0 fully saturated rings. The lowest BCUT2D eigenvalue weighted by Gasteiger charge is -2.13. The van der Waals surface area contributed by atoms with Crippen molar-refractivity contribution >= 4 is 34.4 Å². The van der Waals surface area contributed by atoms with E-state index in [2.05, 4.69) is 46.8 Å². The lowest BCUT2D eigenvalue weighted by molar-refractivity contribution is 0.297. The van der Waals surface area contributed by atoms with Crippen molar-refractivity contribution in [2.45, 2.75) is 19.9 Å². The van der Waals surface area contributed by atoms with Crippen molar-refractivity contribution in [1.29, 1.82) is 0 Å². The molecule has 1 aromatic heterocycles. The summed E-state index contributed by atoms with van der Waals surface area (Å²) in [5.74, 6) is 0.902. The van der Waals surface area contributed by atoms with E-state index < -0.39 is 0 Å². The summed E-state index contributed by atoms with van der Waals surface area (Å²) >= 11 is 4.80. The monoisotopic (exact) mass is 392 g/mol. The van der Waals surface area contributed by atoms with Gasteiger partial charge in [-0.2, -0.15) is 5.10 Å². The SMILES string of the molecule is C=CCc1ccccc1OCCn1c(C)c(C=NNC(N)=S)c2ccccc21. The molecule has 144 valence electrons. The molecule has 0 bridgehead atoms. The first kappa shape index (κ1) is 19.6. The van der Waals surface area contributed by atoms with Crippen LogP contribution in [0.1, 0.15) is 16.8 Å². The van der Waals surface area contributed by atoms with E-state index >= 15 is 0 Å². The van der Waals surface area contributed by atoms with E-state index in [0.717, 1.165) is 46.4 Å². The van der Waals surface area contributed by atoms with Crippen molar-refractivity contribution < 1.29 is 4.74 Å². The molecular weight excluding hydrogens is 368 g/mol. The number of nitrogens with one attached hydrogen (secondary N) is 1. The zero-order valence-corrected chi connectivity index (χ0v) is 16.7. The Balaban J connectivity index is 1.82. The van der Waals surface area contributed by atoms with Gasteiger partial charge in [-0.3, -0.25) is 5.43 Å². The molecule has 3 N–H and O–H groups in total.